The van der Waals surface area contributed by atoms with E-state index in [-0.39, 0.29) is 5.69 Å². The lowest BCUT2D eigenvalue weighted by Crippen LogP contribution is -2.99. The van der Waals surface area contributed by atoms with Gasteiger partial charge >= 0.3 is 0 Å². The van der Waals surface area contributed by atoms with Gasteiger partial charge in [0, 0.05) is 28.9 Å². The van der Waals surface area contributed by atoms with Gasteiger partial charge in [0.2, 0.25) is 5.89 Å². The van der Waals surface area contributed by atoms with Gasteiger partial charge in [-0.15, -0.1) is 0 Å². The van der Waals surface area contributed by atoms with E-state index in [9.17, 15) is 10.4 Å². The number of benzene rings is 3. The fourth-order valence-corrected chi connectivity index (χ4v) is 3.41. The molecule has 5 rings (SSSR count). The summed E-state index contributed by atoms with van der Waals surface area (Å²) in [5.41, 5.74) is 4.43. The Morgan fingerprint density at radius 2 is 1.77 bits per heavy atom. The van der Waals surface area contributed by atoms with E-state index in [0.717, 1.165) is 11.3 Å². The highest BCUT2D eigenvalue weighted by Gasteiger charge is 2.19. The van der Waals surface area contributed by atoms with E-state index < -0.39 is 5.23 Å². The molecule has 0 aliphatic rings. The van der Waals surface area contributed by atoms with Crippen molar-refractivity contribution in [2.75, 3.05) is 0 Å². The lowest BCUT2D eigenvalue weighted by Gasteiger charge is -2.11. The number of nitrogens with zero attached hydrogens (tertiary/aromatic N) is 3. The van der Waals surface area contributed by atoms with Gasteiger partial charge < -0.3 is 9.62 Å². The Bertz CT molecular complexity index is 1330. The van der Waals surface area contributed by atoms with Crippen LogP contribution in [0.5, 0.6) is 0 Å². The number of halogens is 1. The van der Waals surface area contributed by atoms with Gasteiger partial charge in [-0.3, -0.25) is 0 Å². The van der Waals surface area contributed by atoms with Crippen LogP contribution < -0.4 is 5.23 Å². The maximum Gasteiger partial charge on any atom is 0.231 e. The molecular formula is C22H15ClN4O3. The summed E-state index contributed by atoms with van der Waals surface area (Å²) in [6.45, 7) is 0. The quantitative estimate of drug-likeness (QED) is 0.422. The van der Waals surface area contributed by atoms with Crippen molar-refractivity contribution >= 4 is 28.4 Å². The van der Waals surface area contributed by atoms with Gasteiger partial charge in [-0.25, -0.2) is 14.9 Å². The fraction of sp³-hybridized carbons (Fsp3) is 0. The van der Waals surface area contributed by atoms with Gasteiger partial charge in [0.1, 0.15) is 11.2 Å². The van der Waals surface area contributed by atoms with Crippen LogP contribution in [0.4, 0.5) is 5.69 Å². The third kappa shape index (κ3) is 3.36. The molecule has 5 aromatic rings. The van der Waals surface area contributed by atoms with E-state index in [4.69, 9.17) is 21.1 Å². The van der Waals surface area contributed by atoms with Gasteiger partial charge in [0.25, 0.3) is 0 Å². The Morgan fingerprint density at radius 1 is 1.00 bits per heavy atom. The first-order chi connectivity index (χ1) is 14.6. The number of oxazole rings is 1. The Hall–Kier alpha value is -3.49. The van der Waals surface area contributed by atoms with Crippen molar-refractivity contribution < 1.29 is 14.9 Å². The van der Waals surface area contributed by atoms with E-state index in [2.05, 4.69) is 4.98 Å². The number of fused-ring (bicyclic) bond motifs is 1. The molecule has 1 atom stereocenters. The third-order valence-corrected chi connectivity index (χ3v) is 4.96. The van der Waals surface area contributed by atoms with Crippen LogP contribution in [0.1, 0.15) is 0 Å². The Balaban J connectivity index is 1.68. The number of hydrogen-bond donors (Lipinski definition) is 2. The van der Waals surface area contributed by atoms with Crippen molar-refractivity contribution in [3.05, 3.63) is 89.2 Å². The fourth-order valence-electron chi connectivity index (χ4n) is 3.24. The van der Waals surface area contributed by atoms with Crippen LogP contribution in [-0.2, 0) is 0 Å². The first-order valence-electron chi connectivity index (χ1n) is 9.14. The molecule has 2 aromatic heterocycles. The minimum absolute atomic E-state index is 0.208. The number of rotatable bonds is 4. The SMILES string of the molecule is [O-][NH+](O)c1ccc(-c2nn(-c3ccccc3)cc2-c2nc3cc(Cl)ccc3o2)cc1. The number of aromatic nitrogens is 3. The monoisotopic (exact) mass is 418 g/mol. The van der Waals surface area contributed by atoms with Crippen molar-refractivity contribution in [3.63, 3.8) is 0 Å². The molecular weight excluding hydrogens is 404 g/mol. The van der Waals surface area contributed by atoms with Gasteiger partial charge in [0.05, 0.1) is 11.3 Å². The number of nitrogens with one attached hydrogen (secondary N) is 1. The van der Waals surface area contributed by atoms with E-state index in [1.807, 2.05) is 36.5 Å². The van der Waals surface area contributed by atoms with Crippen molar-refractivity contribution in [3.8, 4) is 28.4 Å². The van der Waals surface area contributed by atoms with Crippen LogP contribution in [0.2, 0.25) is 5.02 Å². The first kappa shape index (κ1) is 18.5. The van der Waals surface area contributed by atoms with Gasteiger partial charge in [-0.2, -0.15) is 10.3 Å². The molecule has 2 N–H and O–H groups in total. The van der Waals surface area contributed by atoms with Crippen LogP contribution >= 0.6 is 11.6 Å². The average molecular weight is 419 g/mol. The molecule has 148 valence electrons. The Morgan fingerprint density at radius 3 is 2.50 bits per heavy atom. The average Bonchev–Trinajstić information content (AvgIpc) is 3.38. The predicted molar refractivity (Wildman–Crippen MR) is 113 cm³/mol. The molecule has 7 nitrogen and oxygen atoms in total. The number of hydrogen-bond acceptors (Lipinski definition) is 5. The van der Waals surface area contributed by atoms with Crippen LogP contribution in [0.15, 0.2) is 83.4 Å². The van der Waals surface area contributed by atoms with Crippen molar-refractivity contribution in [2.45, 2.75) is 0 Å². The van der Waals surface area contributed by atoms with E-state index in [0.29, 0.717) is 33.3 Å². The molecule has 0 aliphatic carbocycles. The summed E-state index contributed by atoms with van der Waals surface area (Å²) in [5, 5.41) is 24.7. The molecule has 0 radical (unpaired) electrons. The summed E-state index contributed by atoms with van der Waals surface area (Å²) in [5.74, 6) is 0.409. The van der Waals surface area contributed by atoms with Gasteiger partial charge in [0.15, 0.2) is 11.3 Å². The highest BCUT2D eigenvalue weighted by Crippen LogP contribution is 2.34. The molecule has 2 heterocycles. The molecule has 0 saturated heterocycles. The van der Waals surface area contributed by atoms with Crippen LogP contribution in [-0.4, -0.2) is 20.0 Å². The molecule has 0 spiro atoms. The summed E-state index contributed by atoms with van der Waals surface area (Å²) in [6.07, 6.45) is 1.85. The molecule has 0 aliphatic heterocycles. The molecule has 0 amide bonds. The van der Waals surface area contributed by atoms with Crippen LogP contribution in [0.25, 0.3) is 39.5 Å². The highest BCUT2D eigenvalue weighted by atomic mass is 35.5. The summed E-state index contributed by atoms with van der Waals surface area (Å²) in [4.78, 5) is 4.58. The van der Waals surface area contributed by atoms with Gasteiger partial charge in [-0.1, -0.05) is 29.8 Å². The number of para-hydroxylation sites is 1. The normalized spacial score (nSPS) is 12.4. The molecule has 0 saturated carbocycles. The second-order valence-electron chi connectivity index (χ2n) is 6.69. The number of quaternary nitrogens is 1. The summed E-state index contributed by atoms with van der Waals surface area (Å²) < 4.78 is 7.71. The topological polar surface area (TPSA) is 91.6 Å². The van der Waals surface area contributed by atoms with Gasteiger partial charge in [-0.05, 0) is 42.5 Å². The zero-order chi connectivity index (χ0) is 20.7. The molecule has 30 heavy (non-hydrogen) atoms. The van der Waals surface area contributed by atoms with Crippen LogP contribution in [0.3, 0.4) is 0 Å². The second-order valence-corrected chi connectivity index (χ2v) is 7.12. The molecule has 1 unspecified atom stereocenters. The van der Waals surface area contributed by atoms with Crippen molar-refractivity contribution in [1.82, 2.24) is 14.8 Å². The third-order valence-electron chi connectivity index (χ3n) is 4.72. The zero-order valence-electron chi connectivity index (χ0n) is 15.5. The standard InChI is InChI=1S/C22H15ClN4O3/c23-15-8-11-20-19(12-15)24-22(30-20)18-13-26(16-4-2-1-3-5-16)25-21(18)14-6-9-17(10-7-14)27(28)29/h1-13,27-28H. The maximum absolute atomic E-state index is 11.2. The summed E-state index contributed by atoms with van der Waals surface area (Å²) in [7, 11) is 0. The Kier molecular flexibility index (Phi) is 4.57. The van der Waals surface area contributed by atoms with Crippen molar-refractivity contribution in [2.24, 2.45) is 0 Å². The molecule has 0 fully saturated rings. The van der Waals surface area contributed by atoms with E-state index in [1.165, 1.54) is 0 Å². The smallest absolute Gasteiger partial charge is 0.231 e. The lowest BCUT2D eigenvalue weighted by atomic mass is 10.1. The van der Waals surface area contributed by atoms with E-state index >= 15 is 0 Å². The Labute approximate surface area is 175 Å². The first-order valence-corrected chi connectivity index (χ1v) is 9.51. The highest BCUT2D eigenvalue weighted by molar-refractivity contribution is 6.31. The predicted octanol–water partition coefficient (Wildman–Crippen LogP) is 4.40. The van der Waals surface area contributed by atoms with Crippen LogP contribution in [0, 0.1) is 5.21 Å². The largest absolute Gasteiger partial charge is 0.595 e. The summed E-state index contributed by atoms with van der Waals surface area (Å²) >= 11 is 6.08. The minimum atomic E-state index is -0.979. The van der Waals surface area contributed by atoms with Crippen molar-refractivity contribution in [1.29, 1.82) is 0 Å². The second kappa shape index (κ2) is 7.40. The molecule has 8 heteroatoms. The summed E-state index contributed by atoms with van der Waals surface area (Å²) in [6, 6.07) is 21.5. The lowest BCUT2D eigenvalue weighted by molar-refractivity contribution is -0.991. The maximum atomic E-state index is 11.2. The zero-order valence-corrected chi connectivity index (χ0v) is 16.2. The minimum Gasteiger partial charge on any atom is -0.595 e. The molecule has 0 bridgehead atoms. The molecule has 3 aromatic carbocycles. The van der Waals surface area contributed by atoms with E-state index in [1.54, 1.807) is 47.1 Å².